The van der Waals surface area contributed by atoms with Crippen LogP contribution in [0.15, 0.2) is 24.3 Å². The van der Waals surface area contributed by atoms with Crippen LogP contribution in [0.4, 0.5) is 0 Å². The van der Waals surface area contributed by atoms with Crippen LogP contribution < -0.4 is 10.2 Å². The van der Waals surface area contributed by atoms with Crippen LogP contribution in [-0.4, -0.2) is 55.5 Å². The quantitative estimate of drug-likeness (QED) is 0.845. The molecule has 1 atom stereocenters. The van der Waals surface area contributed by atoms with E-state index in [1.54, 1.807) is 0 Å². The lowest BCUT2D eigenvalue weighted by Gasteiger charge is -2.34. The molecule has 2 aliphatic heterocycles. The molecule has 3 rings (SSSR count). The lowest BCUT2D eigenvalue weighted by molar-refractivity contribution is -0.897. The fraction of sp³-hybridized carbons (Fsp3) is 0.619. The molecule has 5 nitrogen and oxygen atoms in total. The predicted molar refractivity (Wildman–Crippen MR) is 102 cm³/mol. The van der Waals surface area contributed by atoms with Crippen molar-refractivity contribution in [2.24, 2.45) is 5.92 Å². The molecule has 2 amide bonds. The van der Waals surface area contributed by atoms with Gasteiger partial charge in [0, 0.05) is 37.5 Å². The Kier molecular flexibility index (Phi) is 6.30. The molecule has 5 heteroatoms. The van der Waals surface area contributed by atoms with Crippen molar-refractivity contribution in [3.8, 4) is 0 Å². The van der Waals surface area contributed by atoms with Gasteiger partial charge in [-0.25, -0.2) is 0 Å². The van der Waals surface area contributed by atoms with Crippen molar-refractivity contribution in [3.63, 3.8) is 0 Å². The molecule has 2 saturated heterocycles. The number of nitrogens with one attached hydrogen (secondary N) is 2. The Hall–Kier alpha value is -1.88. The van der Waals surface area contributed by atoms with Crippen molar-refractivity contribution in [3.05, 3.63) is 35.4 Å². The zero-order valence-electron chi connectivity index (χ0n) is 16.1. The summed E-state index contributed by atoms with van der Waals surface area (Å²) in [5, 5.41) is 3.17. The monoisotopic (exact) mass is 358 g/mol. The fourth-order valence-electron chi connectivity index (χ4n) is 4.18. The molecule has 142 valence electrons. The number of carbonyl (C=O) groups excluding carboxylic acids is 2. The lowest BCUT2D eigenvalue weighted by atomic mass is 10.00. The topological polar surface area (TPSA) is 53.9 Å². The van der Waals surface area contributed by atoms with E-state index in [1.807, 2.05) is 36.1 Å². The van der Waals surface area contributed by atoms with Gasteiger partial charge < -0.3 is 15.1 Å². The smallest absolute Gasteiger partial charge is 0.277 e. The molecule has 0 spiro atoms. The summed E-state index contributed by atoms with van der Waals surface area (Å²) >= 11 is 0. The van der Waals surface area contributed by atoms with Gasteiger partial charge in [0.2, 0.25) is 0 Å². The van der Waals surface area contributed by atoms with E-state index in [2.05, 4.69) is 12.2 Å². The molecule has 1 aromatic rings. The fourth-order valence-corrected chi connectivity index (χ4v) is 4.18. The summed E-state index contributed by atoms with van der Waals surface area (Å²) in [6, 6.07) is 7.92. The molecule has 0 aliphatic carbocycles. The Morgan fingerprint density at radius 2 is 1.92 bits per heavy atom. The van der Waals surface area contributed by atoms with Gasteiger partial charge in [0.15, 0.2) is 6.54 Å². The first-order valence-electron chi connectivity index (χ1n) is 10.0. The second-order valence-electron chi connectivity index (χ2n) is 8.08. The van der Waals surface area contributed by atoms with Crippen LogP contribution in [0.5, 0.6) is 0 Å². The molecule has 2 heterocycles. The van der Waals surface area contributed by atoms with E-state index in [0.717, 1.165) is 56.6 Å². The molecule has 2 aliphatic rings. The summed E-state index contributed by atoms with van der Waals surface area (Å²) in [7, 11) is 0. The summed E-state index contributed by atoms with van der Waals surface area (Å²) < 4.78 is 0. The van der Waals surface area contributed by atoms with Crippen LogP contribution in [0.1, 0.15) is 48.5 Å². The number of carbonyl (C=O) groups is 2. The maximum atomic E-state index is 12.5. The van der Waals surface area contributed by atoms with Crippen LogP contribution in [0.3, 0.4) is 0 Å². The van der Waals surface area contributed by atoms with E-state index in [0.29, 0.717) is 18.4 Å². The van der Waals surface area contributed by atoms with Crippen molar-refractivity contribution in [1.29, 1.82) is 0 Å². The zero-order valence-corrected chi connectivity index (χ0v) is 16.1. The third kappa shape index (κ3) is 4.85. The number of benzene rings is 1. The average Bonchev–Trinajstić information content (AvgIpc) is 2.63. The van der Waals surface area contributed by atoms with Gasteiger partial charge in [0.1, 0.15) is 0 Å². The maximum absolute atomic E-state index is 12.5. The van der Waals surface area contributed by atoms with Gasteiger partial charge in [-0.3, -0.25) is 9.59 Å². The van der Waals surface area contributed by atoms with Crippen LogP contribution in [-0.2, 0) is 4.79 Å². The van der Waals surface area contributed by atoms with Crippen LogP contribution >= 0.6 is 0 Å². The standard InChI is InChI=1S/C21H31N3O2/c1-16-6-5-11-24(14-16)20(25)15-23-12-9-18(10-13-23)22-21(26)19-8-4-3-7-17(19)2/h3-4,7-8,16,18H,5-6,9-15H2,1-2H3,(H,22,26)/p+1/t16-/m1/s1. The van der Waals surface area contributed by atoms with Gasteiger partial charge in [-0.05, 0) is 37.3 Å². The Labute approximate surface area is 156 Å². The first-order chi connectivity index (χ1) is 12.5. The third-order valence-electron chi connectivity index (χ3n) is 5.83. The average molecular weight is 359 g/mol. The van der Waals surface area contributed by atoms with Gasteiger partial charge in [0.05, 0.1) is 13.1 Å². The summed E-state index contributed by atoms with van der Waals surface area (Å²) in [6.07, 6.45) is 4.26. The molecule has 0 bridgehead atoms. The van der Waals surface area contributed by atoms with Gasteiger partial charge in [-0.2, -0.15) is 0 Å². The highest BCUT2D eigenvalue weighted by atomic mass is 16.2. The highest BCUT2D eigenvalue weighted by Crippen LogP contribution is 2.15. The van der Waals surface area contributed by atoms with E-state index in [4.69, 9.17) is 0 Å². The molecule has 2 fully saturated rings. The molecule has 1 aromatic carbocycles. The van der Waals surface area contributed by atoms with Crippen molar-refractivity contribution < 1.29 is 14.5 Å². The van der Waals surface area contributed by atoms with Crippen molar-refractivity contribution in [1.82, 2.24) is 10.2 Å². The summed E-state index contributed by atoms with van der Waals surface area (Å²) in [5.74, 6) is 0.953. The van der Waals surface area contributed by atoms with Crippen LogP contribution in [0, 0.1) is 12.8 Å². The lowest BCUT2D eigenvalue weighted by Crippen LogP contribution is -3.14. The number of aryl methyl sites for hydroxylation is 1. The second kappa shape index (κ2) is 8.67. The second-order valence-corrected chi connectivity index (χ2v) is 8.08. The molecule has 2 N–H and O–H groups in total. The van der Waals surface area contributed by atoms with Crippen molar-refractivity contribution in [2.75, 3.05) is 32.7 Å². The van der Waals surface area contributed by atoms with Crippen LogP contribution in [0.25, 0.3) is 0 Å². The summed E-state index contributed by atoms with van der Waals surface area (Å²) in [4.78, 5) is 28.4. The number of nitrogens with zero attached hydrogens (tertiary/aromatic N) is 1. The van der Waals surface area contributed by atoms with Gasteiger partial charge in [0.25, 0.3) is 11.8 Å². The SMILES string of the molecule is Cc1ccccc1C(=O)NC1CC[NH+](CC(=O)N2CCC[C@@H](C)C2)CC1. The number of piperidine rings is 2. The van der Waals surface area contributed by atoms with E-state index in [9.17, 15) is 9.59 Å². The number of hydrogen-bond donors (Lipinski definition) is 2. The van der Waals surface area contributed by atoms with Gasteiger partial charge >= 0.3 is 0 Å². The maximum Gasteiger partial charge on any atom is 0.277 e. The minimum Gasteiger partial charge on any atom is -0.349 e. The third-order valence-corrected chi connectivity index (χ3v) is 5.83. The van der Waals surface area contributed by atoms with Crippen molar-refractivity contribution >= 4 is 11.8 Å². The molecule has 0 radical (unpaired) electrons. The number of amides is 2. The summed E-state index contributed by atoms with van der Waals surface area (Å²) in [6.45, 7) is 8.54. The van der Waals surface area contributed by atoms with E-state index < -0.39 is 0 Å². The number of likely N-dealkylation sites (tertiary alicyclic amines) is 2. The summed E-state index contributed by atoms with van der Waals surface area (Å²) in [5.41, 5.74) is 1.77. The first-order valence-corrected chi connectivity index (χ1v) is 10.0. The van der Waals surface area contributed by atoms with Crippen molar-refractivity contribution in [2.45, 2.75) is 45.6 Å². The Morgan fingerprint density at radius 3 is 2.62 bits per heavy atom. The highest BCUT2D eigenvalue weighted by Gasteiger charge is 2.28. The zero-order chi connectivity index (χ0) is 18.5. The molecule has 0 unspecified atom stereocenters. The van der Waals surface area contributed by atoms with E-state index in [-0.39, 0.29) is 11.9 Å². The number of rotatable bonds is 4. The molecular weight excluding hydrogens is 326 g/mol. The normalized spacial score (nSPS) is 26.4. The van der Waals surface area contributed by atoms with Gasteiger partial charge in [-0.15, -0.1) is 0 Å². The largest absolute Gasteiger partial charge is 0.349 e. The van der Waals surface area contributed by atoms with E-state index in [1.165, 1.54) is 11.3 Å². The van der Waals surface area contributed by atoms with E-state index >= 15 is 0 Å². The Balaban J connectivity index is 1.43. The van der Waals surface area contributed by atoms with Crippen LogP contribution in [0.2, 0.25) is 0 Å². The highest BCUT2D eigenvalue weighted by molar-refractivity contribution is 5.95. The Morgan fingerprint density at radius 1 is 1.19 bits per heavy atom. The number of hydrogen-bond acceptors (Lipinski definition) is 2. The minimum absolute atomic E-state index is 0.0231. The number of quaternary nitrogens is 1. The van der Waals surface area contributed by atoms with Gasteiger partial charge in [-0.1, -0.05) is 25.1 Å². The molecule has 0 saturated carbocycles. The minimum atomic E-state index is 0.0231. The molecule has 26 heavy (non-hydrogen) atoms. The predicted octanol–water partition coefficient (Wildman–Crippen LogP) is 1.03. The first kappa shape index (κ1) is 18.9. The Bertz CT molecular complexity index is 638. The molecule has 0 aromatic heterocycles. The molecular formula is C21H32N3O2+.